The van der Waals surface area contributed by atoms with Gasteiger partial charge in [-0.3, -0.25) is 4.99 Å². The number of carbonyl (C=O) groups is 1. The summed E-state index contributed by atoms with van der Waals surface area (Å²) in [6.07, 6.45) is 1.78. The number of anilines is 1. The Morgan fingerprint density at radius 2 is 1.64 bits per heavy atom. The highest BCUT2D eigenvalue weighted by molar-refractivity contribution is 5.88. The zero-order chi connectivity index (χ0) is 15.9. The normalized spacial score (nSPS) is 10.8. The summed E-state index contributed by atoms with van der Waals surface area (Å²) in [5.41, 5.74) is 3.21. The van der Waals surface area contributed by atoms with E-state index in [1.54, 1.807) is 30.5 Å². The van der Waals surface area contributed by atoms with Crippen molar-refractivity contribution < 1.29 is 9.90 Å². The van der Waals surface area contributed by atoms with Gasteiger partial charge in [0.05, 0.1) is 11.3 Å². The Morgan fingerprint density at radius 3 is 2.14 bits per heavy atom. The lowest BCUT2D eigenvalue weighted by molar-refractivity contribution is 0.0697. The zero-order valence-electron chi connectivity index (χ0n) is 12.9. The van der Waals surface area contributed by atoms with Crippen molar-refractivity contribution in [3.8, 4) is 0 Å². The van der Waals surface area contributed by atoms with Gasteiger partial charge in [-0.1, -0.05) is 12.1 Å². The number of carboxylic acids is 1. The maximum Gasteiger partial charge on any atom is 0.335 e. The van der Waals surface area contributed by atoms with Crippen LogP contribution in [0.3, 0.4) is 0 Å². The molecular formula is C18H20N2O2. The summed E-state index contributed by atoms with van der Waals surface area (Å²) in [6, 6.07) is 14.7. The summed E-state index contributed by atoms with van der Waals surface area (Å²) in [5.74, 6) is -0.928. The van der Waals surface area contributed by atoms with Crippen molar-refractivity contribution in [2.24, 2.45) is 4.99 Å². The van der Waals surface area contributed by atoms with E-state index in [-0.39, 0.29) is 5.56 Å². The molecule has 0 aliphatic heterocycles. The van der Waals surface area contributed by atoms with Gasteiger partial charge in [-0.05, 0) is 55.8 Å². The van der Waals surface area contributed by atoms with Crippen LogP contribution in [0.5, 0.6) is 0 Å². The van der Waals surface area contributed by atoms with Crippen LogP contribution in [0.25, 0.3) is 0 Å². The van der Waals surface area contributed by atoms with E-state index in [1.807, 2.05) is 12.1 Å². The Hall–Kier alpha value is -2.62. The Labute approximate surface area is 130 Å². The van der Waals surface area contributed by atoms with Crippen LogP contribution >= 0.6 is 0 Å². The lowest BCUT2D eigenvalue weighted by Gasteiger charge is -2.20. The molecule has 0 aliphatic rings. The fraction of sp³-hybridized carbons (Fsp3) is 0.222. The fourth-order valence-electron chi connectivity index (χ4n) is 2.20. The number of benzene rings is 2. The lowest BCUT2D eigenvalue weighted by Crippen LogP contribution is -2.21. The molecule has 2 rings (SSSR count). The van der Waals surface area contributed by atoms with Crippen molar-refractivity contribution in [2.75, 3.05) is 18.0 Å². The third kappa shape index (κ3) is 3.95. The van der Waals surface area contributed by atoms with Gasteiger partial charge in [0.2, 0.25) is 0 Å². The highest BCUT2D eigenvalue weighted by atomic mass is 16.4. The van der Waals surface area contributed by atoms with Gasteiger partial charge < -0.3 is 10.0 Å². The maximum absolute atomic E-state index is 10.8. The second kappa shape index (κ2) is 7.41. The first kappa shape index (κ1) is 15.8. The predicted octanol–water partition coefficient (Wildman–Crippen LogP) is 3.98. The first-order valence-corrected chi connectivity index (χ1v) is 7.36. The van der Waals surface area contributed by atoms with Crippen LogP contribution in [0.2, 0.25) is 0 Å². The van der Waals surface area contributed by atoms with Gasteiger partial charge in [0.25, 0.3) is 0 Å². The molecule has 2 aromatic rings. The molecule has 0 atom stereocenters. The average Bonchev–Trinajstić information content (AvgIpc) is 2.55. The van der Waals surface area contributed by atoms with Crippen molar-refractivity contribution >= 4 is 23.6 Å². The summed E-state index contributed by atoms with van der Waals surface area (Å²) < 4.78 is 0. The Bertz CT molecular complexity index is 642. The van der Waals surface area contributed by atoms with Crippen LogP contribution in [0.15, 0.2) is 53.5 Å². The molecule has 4 nitrogen and oxygen atoms in total. The van der Waals surface area contributed by atoms with Crippen LogP contribution in [0.1, 0.15) is 29.8 Å². The van der Waals surface area contributed by atoms with Gasteiger partial charge in [-0.25, -0.2) is 4.79 Å². The smallest absolute Gasteiger partial charge is 0.335 e. The number of aliphatic imine (C=N–C) groups is 1. The van der Waals surface area contributed by atoms with E-state index in [2.05, 4.69) is 35.9 Å². The Morgan fingerprint density at radius 1 is 1.05 bits per heavy atom. The third-order valence-electron chi connectivity index (χ3n) is 3.50. The van der Waals surface area contributed by atoms with Gasteiger partial charge >= 0.3 is 5.97 Å². The molecule has 0 amide bonds. The molecule has 2 aromatic carbocycles. The molecule has 0 aliphatic carbocycles. The second-order valence-electron chi connectivity index (χ2n) is 4.87. The third-order valence-corrected chi connectivity index (χ3v) is 3.50. The molecule has 0 aromatic heterocycles. The van der Waals surface area contributed by atoms with E-state index >= 15 is 0 Å². The molecule has 0 spiro atoms. The van der Waals surface area contributed by atoms with Crippen LogP contribution in [-0.4, -0.2) is 30.4 Å². The van der Waals surface area contributed by atoms with Crippen molar-refractivity contribution in [3.05, 3.63) is 59.7 Å². The summed E-state index contributed by atoms with van der Waals surface area (Å²) in [7, 11) is 0. The molecule has 0 saturated heterocycles. The van der Waals surface area contributed by atoms with E-state index in [1.165, 1.54) is 5.69 Å². The molecule has 0 bridgehead atoms. The Kier molecular flexibility index (Phi) is 5.31. The molecule has 0 saturated carbocycles. The summed E-state index contributed by atoms with van der Waals surface area (Å²) >= 11 is 0. The molecule has 114 valence electrons. The van der Waals surface area contributed by atoms with E-state index in [0.717, 1.165) is 24.3 Å². The standard InChI is InChI=1S/C18H20N2O2/c1-3-20(4-2)17-11-5-14(6-12-17)13-19-16-9-7-15(8-10-16)18(21)22/h5-13H,3-4H2,1-2H3,(H,21,22). The first-order chi connectivity index (χ1) is 10.6. The highest BCUT2D eigenvalue weighted by Gasteiger charge is 2.01. The SMILES string of the molecule is CCN(CC)c1ccc(C=Nc2ccc(C(=O)O)cc2)cc1. The number of nitrogens with zero attached hydrogens (tertiary/aromatic N) is 2. The fourth-order valence-corrected chi connectivity index (χ4v) is 2.20. The molecule has 4 heteroatoms. The Balaban J connectivity index is 2.08. The molecule has 22 heavy (non-hydrogen) atoms. The predicted molar refractivity (Wildman–Crippen MR) is 90.7 cm³/mol. The first-order valence-electron chi connectivity index (χ1n) is 7.36. The number of carboxylic acid groups (broad SMARTS) is 1. The van der Waals surface area contributed by atoms with Crippen LogP contribution in [0, 0.1) is 0 Å². The van der Waals surface area contributed by atoms with Gasteiger partial charge in [0, 0.05) is 25.0 Å². The largest absolute Gasteiger partial charge is 0.478 e. The quantitative estimate of drug-likeness (QED) is 0.820. The van der Waals surface area contributed by atoms with Crippen molar-refractivity contribution in [2.45, 2.75) is 13.8 Å². The number of rotatable bonds is 6. The van der Waals surface area contributed by atoms with Crippen LogP contribution in [-0.2, 0) is 0 Å². The highest BCUT2D eigenvalue weighted by Crippen LogP contribution is 2.16. The van der Waals surface area contributed by atoms with Gasteiger partial charge in [0.1, 0.15) is 0 Å². The minimum absolute atomic E-state index is 0.266. The van der Waals surface area contributed by atoms with E-state index in [4.69, 9.17) is 5.11 Å². The van der Waals surface area contributed by atoms with Crippen molar-refractivity contribution in [1.29, 1.82) is 0 Å². The summed E-state index contributed by atoms with van der Waals surface area (Å²) in [6.45, 7) is 6.25. The van der Waals surface area contributed by atoms with E-state index < -0.39 is 5.97 Å². The average molecular weight is 296 g/mol. The monoisotopic (exact) mass is 296 g/mol. The number of hydrogen-bond acceptors (Lipinski definition) is 3. The minimum Gasteiger partial charge on any atom is -0.478 e. The van der Waals surface area contributed by atoms with Crippen molar-refractivity contribution in [3.63, 3.8) is 0 Å². The molecule has 0 radical (unpaired) electrons. The number of aromatic carboxylic acids is 1. The van der Waals surface area contributed by atoms with Crippen LogP contribution in [0.4, 0.5) is 11.4 Å². The maximum atomic E-state index is 10.8. The zero-order valence-corrected chi connectivity index (χ0v) is 12.9. The molecular weight excluding hydrogens is 276 g/mol. The molecule has 0 heterocycles. The number of hydrogen-bond donors (Lipinski definition) is 1. The lowest BCUT2D eigenvalue weighted by atomic mass is 10.2. The summed E-state index contributed by atoms with van der Waals surface area (Å²) in [5, 5.41) is 8.85. The molecule has 0 fully saturated rings. The van der Waals surface area contributed by atoms with Crippen molar-refractivity contribution in [1.82, 2.24) is 0 Å². The second-order valence-corrected chi connectivity index (χ2v) is 4.87. The molecule has 0 unspecified atom stereocenters. The van der Waals surface area contributed by atoms with E-state index in [0.29, 0.717) is 0 Å². The summed E-state index contributed by atoms with van der Waals surface area (Å²) in [4.78, 5) is 17.4. The van der Waals surface area contributed by atoms with Gasteiger partial charge in [-0.15, -0.1) is 0 Å². The topological polar surface area (TPSA) is 52.9 Å². The van der Waals surface area contributed by atoms with E-state index in [9.17, 15) is 4.79 Å². The molecule has 1 N–H and O–H groups in total. The van der Waals surface area contributed by atoms with Crippen LogP contribution < -0.4 is 4.90 Å². The van der Waals surface area contributed by atoms with Gasteiger partial charge in [-0.2, -0.15) is 0 Å². The van der Waals surface area contributed by atoms with Gasteiger partial charge in [0.15, 0.2) is 0 Å². The minimum atomic E-state index is -0.928.